The number of nitrogens with one attached hydrogen (secondary N) is 1. The van der Waals surface area contributed by atoms with Crippen LogP contribution in [0.25, 0.3) is 22.4 Å². The fourth-order valence-corrected chi connectivity index (χ4v) is 4.24. The highest BCUT2D eigenvalue weighted by molar-refractivity contribution is 6.31. The quantitative estimate of drug-likeness (QED) is 0.235. The van der Waals surface area contributed by atoms with Crippen molar-refractivity contribution in [2.24, 2.45) is 0 Å². The predicted molar refractivity (Wildman–Crippen MR) is 145 cm³/mol. The van der Waals surface area contributed by atoms with Crippen molar-refractivity contribution in [3.8, 4) is 11.4 Å². The molecule has 0 atom stereocenters. The predicted octanol–water partition coefficient (Wildman–Crippen LogP) is 6.74. The summed E-state index contributed by atoms with van der Waals surface area (Å²) in [5.41, 5.74) is 4.56. The van der Waals surface area contributed by atoms with Gasteiger partial charge in [-0.25, -0.2) is 9.78 Å². The zero-order valence-electron chi connectivity index (χ0n) is 19.9. The van der Waals surface area contributed by atoms with Crippen molar-refractivity contribution in [3.63, 3.8) is 0 Å². The molecule has 1 N–H and O–H groups in total. The number of rotatable bonds is 8. The molecular formula is C30H24ClN3O3. The summed E-state index contributed by atoms with van der Waals surface area (Å²) in [5.74, 6) is 0.201. The minimum atomic E-state index is -0.395. The molecule has 37 heavy (non-hydrogen) atoms. The Bertz CT molecular complexity index is 1530. The average molecular weight is 510 g/mol. The number of anilines is 1. The van der Waals surface area contributed by atoms with Crippen molar-refractivity contribution >= 4 is 40.2 Å². The Hall–Kier alpha value is -4.42. The average Bonchev–Trinajstić information content (AvgIpc) is 3.29. The highest BCUT2D eigenvalue weighted by Gasteiger charge is 2.16. The number of halogens is 1. The molecule has 0 saturated heterocycles. The van der Waals surface area contributed by atoms with Gasteiger partial charge in [0, 0.05) is 29.2 Å². The maximum atomic E-state index is 12.6. The maximum Gasteiger partial charge on any atom is 0.338 e. The molecule has 1 aromatic heterocycles. The molecule has 7 heteroatoms. The molecular weight excluding hydrogens is 486 g/mol. The molecule has 0 fully saturated rings. The minimum Gasteiger partial charge on any atom is -0.457 e. The summed E-state index contributed by atoms with van der Waals surface area (Å²) in [5, 5.41) is 3.50. The molecule has 0 aliphatic carbocycles. The summed E-state index contributed by atoms with van der Waals surface area (Å²) < 4.78 is 7.44. The highest BCUT2D eigenvalue weighted by atomic mass is 35.5. The van der Waals surface area contributed by atoms with Gasteiger partial charge in [-0.05, 0) is 48.0 Å². The Morgan fingerprint density at radius 1 is 0.865 bits per heavy atom. The second-order valence-corrected chi connectivity index (χ2v) is 8.96. The Labute approximate surface area is 219 Å². The Morgan fingerprint density at radius 3 is 2.30 bits per heavy atom. The van der Waals surface area contributed by atoms with Crippen molar-refractivity contribution < 1.29 is 14.3 Å². The number of esters is 1. The Kier molecular flexibility index (Phi) is 7.28. The topological polar surface area (TPSA) is 73.2 Å². The van der Waals surface area contributed by atoms with Crippen LogP contribution in [0.3, 0.4) is 0 Å². The lowest BCUT2D eigenvalue weighted by Gasteiger charge is -2.11. The van der Waals surface area contributed by atoms with E-state index in [9.17, 15) is 9.59 Å². The molecule has 0 spiro atoms. The summed E-state index contributed by atoms with van der Waals surface area (Å²) in [6, 6.07) is 31.5. The van der Waals surface area contributed by atoms with Crippen molar-refractivity contribution in [3.05, 3.63) is 119 Å². The molecule has 1 heterocycles. The van der Waals surface area contributed by atoms with Gasteiger partial charge in [-0.2, -0.15) is 0 Å². The zero-order chi connectivity index (χ0) is 25.6. The van der Waals surface area contributed by atoms with E-state index in [0.717, 1.165) is 27.8 Å². The molecule has 5 aromatic rings. The van der Waals surface area contributed by atoms with E-state index in [1.165, 1.54) is 0 Å². The van der Waals surface area contributed by atoms with Crippen LogP contribution in [0.15, 0.2) is 103 Å². The van der Waals surface area contributed by atoms with Gasteiger partial charge in [0.05, 0.1) is 16.6 Å². The SMILES string of the molecule is O=C(CCn1c(-c2ccc(C(=O)OCc3ccccc3)cc2)nc2cc(Cl)ccc21)Nc1ccccc1. The fraction of sp³-hybridized carbons (Fsp3) is 0.100. The second-order valence-electron chi connectivity index (χ2n) is 8.52. The van der Waals surface area contributed by atoms with E-state index in [4.69, 9.17) is 21.3 Å². The largest absolute Gasteiger partial charge is 0.457 e. The summed E-state index contributed by atoms with van der Waals surface area (Å²) in [6.07, 6.45) is 0.264. The van der Waals surface area contributed by atoms with Crippen LogP contribution in [0.2, 0.25) is 5.02 Å². The van der Waals surface area contributed by atoms with Crippen LogP contribution >= 0.6 is 11.6 Å². The number of hydrogen-bond acceptors (Lipinski definition) is 4. The lowest BCUT2D eigenvalue weighted by Crippen LogP contribution is -2.15. The molecule has 5 rings (SSSR count). The number of hydrogen-bond donors (Lipinski definition) is 1. The number of amides is 1. The molecule has 0 aliphatic rings. The normalized spacial score (nSPS) is 10.8. The third kappa shape index (κ3) is 5.88. The highest BCUT2D eigenvalue weighted by Crippen LogP contribution is 2.28. The summed E-state index contributed by atoms with van der Waals surface area (Å²) in [6.45, 7) is 0.635. The van der Waals surface area contributed by atoms with Crippen molar-refractivity contribution in [2.45, 2.75) is 19.6 Å². The smallest absolute Gasteiger partial charge is 0.338 e. The monoisotopic (exact) mass is 509 g/mol. The molecule has 184 valence electrons. The van der Waals surface area contributed by atoms with Gasteiger partial charge in [0.2, 0.25) is 5.91 Å². The standard InChI is InChI=1S/C30H24ClN3O3/c31-24-15-16-27-26(19-24)33-29(34(27)18-17-28(35)32-25-9-5-2-6-10-25)22-11-13-23(14-12-22)30(36)37-20-21-7-3-1-4-8-21/h1-16,19H,17-18,20H2,(H,32,35). The molecule has 0 bridgehead atoms. The molecule has 0 aliphatic heterocycles. The van der Waals surface area contributed by atoms with E-state index in [0.29, 0.717) is 23.0 Å². The van der Waals surface area contributed by atoms with Gasteiger partial charge in [0.1, 0.15) is 12.4 Å². The number of fused-ring (bicyclic) bond motifs is 1. The number of nitrogens with zero attached hydrogens (tertiary/aromatic N) is 2. The Balaban J connectivity index is 1.35. The molecule has 6 nitrogen and oxygen atoms in total. The van der Waals surface area contributed by atoms with Crippen LogP contribution in [0.1, 0.15) is 22.3 Å². The van der Waals surface area contributed by atoms with E-state index in [1.807, 2.05) is 89.5 Å². The lowest BCUT2D eigenvalue weighted by molar-refractivity contribution is -0.116. The number of imidazole rings is 1. The first-order valence-electron chi connectivity index (χ1n) is 11.9. The van der Waals surface area contributed by atoms with Crippen molar-refractivity contribution in [2.75, 3.05) is 5.32 Å². The maximum absolute atomic E-state index is 12.6. The van der Waals surface area contributed by atoms with E-state index >= 15 is 0 Å². The summed E-state index contributed by atoms with van der Waals surface area (Å²) in [4.78, 5) is 29.9. The lowest BCUT2D eigenvalue weighted by atomic mass is 10.1. The number of benzene rings is 4. The second kappa shape index (κ2) is 11.1. The van der Waals surface area contributed by atoms with Gasteiger partial charge in [0.15, 0.2) is 0 Å². The van der Waals surface area contributed by atoms with Gasteiger partial charge in [-0.3, -0.25) is 4.79 Å². The molecule has 4 aromatic carbocycles. The molecule has 0 saturated carbocycles. The van der Waals surface area contributed by atoms with Crippen LogP contribution in [-0.4, -0.2) is 21.4 Å². The van der Waals surface area contributed by atoms with E-state index < -0.39 is 5.97 Å². The van der Waals surface area contributed by atoms with E-state index in [-0.39, 0.29) is 18.9 Å². The van der Waals surface area contributed by atoms with Gasteiger partial charge in [-0.15, -0.1) is 0 Å². The first kappa shape index (κ1) is 24.3. The Morgan fingerprint density at radius 2 is 1.57 bits per heavy atom. The minimum absolute atomic E-state index is 0.0931. The van der Waals surface area contributed by atoms with Crippen molar-refractivity contribution in [1.29, 1.82) is 0 Å². The zero-order valence-corrected chi connectivity index (χ0v) is 20.7. The number of aryl methyl sites for hydroxylation is 1. The van der Waals surface area contributed by atoms with E-state index in [2.05, 4.69) is 5.32 Å². The van der Waals surface area contributed by atoms with Gasteiger partial charge >= 0.3 is 5.97 Å². The first-order valence-corrected chi connectivity index (χ1v) is 12.3. The third-order valence-electron chi connectivity index (χ3n) is 5.92. The van der Waals surface area contributed by atoms with Crippen LogP contribution < -0.4 is 5.32 Å². The van der Waals surface area contributed by atoms with E-state index in [1.54, 1.807) is 18.2 Å². The molecule has 1 amide bonds. The van der Waals surface area contributed by atoms with Crippen molar-refractivity contribution in [1.82, 2.24) is 9.55 Å². The van der Waals surface area contributed by atoms with Crippen LogP contribution in [0.5, 0.6) is 0 Å². The van der Waals surface area contributed by atoms with Gasteiger partial charge in [-0.1, -0.05) is 72.3 Å². The molecule has 0 unspecified atom stereocenters. The number of aromatic nitrogens is 2. The molecule has 0 radical (unpaired) electrons. The van der Waals surface area contributed by atoms with Crippen LogP contribution in [0, 0.1) is 0 Å². The number of carbonyl (C=O) groups excluding carboxylic acids is 2. The first-order chi connectivity index (χ1) is 18.1. The fourth-order valence-electron chi connectivity index (χ4n) is 4.07. The number of para-hydroxylation sites is 1. The number of ether oxygens (including phenoxy) is 1. The van der Waals surface area contributed by atoms with Gasteiger partial charge < -0.3 is 14.6 Å². The summed E-state index contributed by atoms with van der Waals surface area (Å²) in [7, 11) is 0. The third-order valence-corrected chi connectivity index (χ3v) is 6.16. The number of carbonyl (C=O) groups is 2. The van der Waals surface area contributed by atoms with Crippen LogP contribution in [0.4, 0.5) is 5.69 Å². The van der Waals surface area contributed by atoms with Crippen LogP contribution in [-0.2, 0) is 22.7 Å². The van der Waals surface area contributed by atoms with Gasteiger partial charge in [0.25, 0.3) is 0 Å². The summed E-state index contributed by atoms with van der Waals surface area (Å²) >= 11 is 6.21.